The maximum Gasteiger partial charge on any atom is 0.00129 e. The van der Waals surface area contributed by atoms with Crippen molar-refractivity contribution in [2.45, 2.75) is 45.1 Å². The van der Waals surface area contributed by atoms with Crippen LogP contribution in [0.4, 0.5) is 0 Å². The molecule has 1 saturated carbocycles. The van der Waals surface area contributed by atoms with Crippen LogP contribution < -0.4 is 5.73 Å². The van der Waals surface area contributed by atoms with Crippen LogP contribution in [0, 0.1) is 11.8 Å². The molecule has 1 aliphatic heterocycles. The molecule has 0 bridgehead atoms. The average Bonchev–Trinajstić information content (AvgIpc) is 2.62. The lowest BCUT2D eigenvalue weighted by molar-refractivity contribution is 0.301. The molecule has 2 fully saturated rings. The van der Waals surface area contributed by atoms with Crippen molar-refractivity contribution in [3.05, 3.63) is 0 Å². The largest absolute Gasteiger partial charge is 0.328 e. The van der Waals surface area contributed by atoms with E-state index in [1.807, 2.05) is 0 Å². The minimum atomic E-state index is 0.386. The van der Waals surface area contributed by atoms with Gasteiger partial charge >= 0.3 is 0 Å². The monoisotopic (exact) mass is 196 g/mol. The first kappa shape index (κ1) is 10.4. The smallest absolute Gasteiger partial charge is 0.00129 e. The summed E-state index contributed by atoms with van der Waals surface area (Å²) in [6.07, 6.45) is 6.95. The van der Waals surface area contributed by atoms with Crippen LogP contribution >= 0.6 is 0 Å². The molecule has 2 aliphatic rings. The zero-order chi connectivity index (χ0) is 9.97. The summed E-state index contributed by atoms with van der Waals surface area (Å²) in [7, 11) is 0. The van der Waals surface area contributed by atoms with Crippen molar-refractivity contribution in [1.29, 1.82) is 0 Å². The van der Waals surface area contributed by atoms with E-state index in [0.717, 1.165) is 11.8 Å². The van der Waals surface area contributed by atoms with Crippen LogP contribution in [-0.2, 0) is 0 Å². The predicted octanol–water partition coefficient (Wildman–Crippen LogP) is 1.85. The Morgan fingerprint density at radius 2 is 1.93 bits per heavy atom. The van der Waals surface area contributed by atoms with Crippen LogP contribution in [0.2, 0.25) is 0 Å². The molecule has 2 nitrogen and oxygen atoms in total. The lowest BCUT2D eigenvalue weighted by atomic mass is 10.0. The molecule has 2 N–H and O–H groups in total. The summed E-state index contributed by atoms with van der Waals surface area (Å²) >= 11 is 0. The molecule has 3 atom stereocenters. The van der Waals surface area contributed by atoms with Crippen molar-refractivity contribution in [2.75, 3.05) is 19.6 Å². The molecule has 0 aromatic heterocycles. The minimum absolute atomic E-state index is 0.386. The van der Waals surface area contributed by atoms with Gasteiger partial charge in [-0.2, -0.15) is 0 Å². The van der Waals surface area contributed by atoms with Crippen molar-refractivity contribution in [3.8, 4) is 0 Å². The van der Waals surface area contributed by atoms with Crippen molar-refractivity contribution < 1.29 is 0 Å². The summed E-state index contributed by atoms with van der Waals surface area (Å²) in [6, 6.07) is 0.386. The number of hydrogen-bond acceptors (Lipinski definition) is 2. The first-order chi connectivity index (χ1) is 6.75. The van der Waals surface area contributed by atoms with Crippen molar-refractivity contribution >= 4 is 0 Å². The second kappa shape index (κ2) is 4.63. The zero-order valence-electron chi connectivity index (χ0n) is 9.41. The van der Waals surface area contributed by atoms with E-state index in [4.69, 9.17) is 5.73 Å². The van der Waals surface area contributed by atoms with Gasteiger partial charge in [-0.1, -0.05) is 6.42 Å². The SMILES string of the molecule is CC(N)CCCN1CC2CCCC2C1. The Morgan fingerprint density at radius 1 is 1.29 bits per heavy atom. The molecule has 0 spiro atoms. The zero-order valence-corrected chi connectivity index (χ0v) is 9.41. The Kier molecular flexibility index (Phi) is 3.45. The van der Waals surface area contributed by atoms with Gasteiger partial charge in [-0.05, 0) is 51.0 Å². The lowest BCUT2D eigenvalue weighted by Crippen LogP contribution is -2.25. The summed E-state index contributed by atoms with van der Waals surface area (Å²) in [4.78, 5) is 2.66. The van der Waals surface area contributed by atoms with E-state index >= 15 is 0 Å². The Bertz CT molecular complexity index is 167. The van der Waals surface area contributed by atoms with Gasteiger partial charge in [0.15, 0.2) is 0 Å². The van der Waals surface area contributed by atoms with Gasteiger partial charge < -0.3 is 10.6 Å². The molecule has 0 aromatic rings. The fraction of sp³-hybridized carbons (Fsp3) is 1.00. The normalized spacial score (nSPS) is 34.7. The lowest BCUT2D eigenvalue weighted by Gasteiger charge is -2.16. The number of nitrogens with zero attached hydrogens (tertiary/aromatic N) is 1. The third-order valence-corrected chi connectivity index (χ3v) is 3.94. The number of hydrogen-bond donors (Lipinski definition) is 1. The minimum Gasteiger partial charge on any atom is -0.328 e. The first-order valence-corrected chi connectivity index (χ1v) is 6.23. The second-order valence-electron chi connectivity index (χ2n) is 5.33. The van der Waals surface area contributed by atoms with Crippen LogP contribution in [-0.4, -0.2) is 30.6 Å². The fourth-order valence-electron chi connectivity index (χ4n) is 3.15. The molecule has 0 radical (unpaired) electrons. The number of nitrogens with two attached hydrogens (primary N) is 1. The van der Waals surface area contributed by atoms with E-state index in [-0.39, 0.29) is 0 Å². The summed E-state index contributed by atoms with van der Waals surface area (Å²) in [5.74, 6) is 2.09. The standard InChI is InChI=1S/C12H24N2/c1-10(13)4-3-7-14-8-11-5-2-6-12(11)9-14/h10-12H,2-9,13H2,1H3. The summed E-state index contributed by atoms with van der Waals surface area (Å²) in [6.45, 7) is 6.15. The maximum atomic E-state index is 5.75. The van der Waals surface area contributed by atoms with Gasteiger partial charge in [0.05, 0.1) is 0 Å². The highest BCUT2D eigenvalue weighted by Crippen LogP contribution is 2.37. The Hall–Kier alpha value is -0.0800. The van der Waals surface area contributed by atoms with Crippen molar-refractivity contribution in [1.82, 2.24) is 4.90 Å². The van der Waals surface area contributed by atoms with Gasteiger partial charge in [-0.15, -0.1) is 0 Å². The average molecular weight is 196 g/mol. The molecule has 0 aromatic carbocycles. The molecule has 2 rings (SSSR count). The second-order valence-corrected chi connectivity index (χ2v) is 5.33. The Labute approximate surface area is 87.8 Å². The highest BCUT2D eigenvalue weighted by Gasteiger charge is 2.35. The fourth-order valence-corrected chi connectivity index (χ4v) is 3.15. The molecule has 82 valence electrons. The van der Waals surface area contributed by atoms with E-state index in [9.17, 15) is 0 Å². The van der Waals surface area contributed by atoms with Crippen LogP contribution in [0.15, 0.2) is 0 Å². The molecular formula is C12H24N2. The quantitative estimate of drug-likeness (QED) is 0.743. The van der Waals surface area contributed by atoms with E-state index < -0.39 is 0 Å². The molecule has 1 aliphatic carbocycles. The van der Waals surface area contributed by atoms with Gasteiger partial charge in [0.1, 0.15) is 0 Å². The molecule has 1 heterocycles. The number of likely N-dealkylation sites (tertiary alicyclic amines) is 1. The predicted molar refractivity (Wildman–Crippen MR) is 60.2 cm³/mol. The highest BCUT2D eigenvalue weighted by atomic mass is 15.2. The van der Waals surface area contributed by atoms with E-state index in [0.29, 0.717) is 6.04 Å². The molecule has 3 unspecified atom stereocenters. The van der Waals surface area contributed by atoms with Gasteiger partial charge in [0, 0.05) is 19.1 Å². The number of rotatable bonds is 4. The third-order valence-electron chi connectivity index (χ3n) is 3.94. The summed E-state index contributed by atoms with van der Waals surface area (Å²) in [5, 5.41) is 0. The first-order valence-electron chi connectivity index (χ1n) is 6.23. The molecule has 1 saturated heterocycles. The molecule has 14 heavy (non-hydrogen) atoms. The van der Waals surface area contributed by atoms with E-state index in [1.165, 1.54) is 51.7 Å². The third kappa shape index (κ3) is 2.48. The maximum absolute atomic E-state index is 5.75. The van der Waals surface area contributed by atoms with Gasteiger partial charge in [-0.25, -0.2) is 0 Å². The molecular weight excluding hydrogens is 172 g/mol. The van der Waals surface area contributed by atoms with Gasteiger partial charge in [0.25, 0.3) is 0 Å². The van der Waals surface area contributed by atoms with Crippen molar-refractivity contribution in [3.63, 3.8) is 0 Å². The van der Waals surface area contributed by atoms with Crippen molar-refractivity contribution in [2.24, 2.45) is 17.6 Å². The van der Waals surface area contributed by atoms with E-state index in [2.05, 4.69) is 11.8 Å². The summed E-state index contributed by atoms with van der Waals surface area (Å²) < 4.78 is 0. The van der Waals surface area contributed by atoms with Gasteiger partial charge in [-0.3, -0.25) is 0 Å². The topological polar surface area (TPSA) is 29.3 Å². The van der Waals surface area contributed by atoms with Crippen LogP contribution in [0.1, 0.15) is 39.0 Å². The van der Waals surface area contributed by atoms with Gasteiger partial charge in [0.2, 0.25) is 0 Å². The molecule has 2 heteroatoms. The highest BCUT2D eigenvalue weighted by molar-refractivity contribution is 4.88. The summed E-state index contributed by atoms with van der Waals surface area (Å²) in [5.41, 5.74) is 5.75. The Balaban J connectivity index is 1.64. The van der Waals surface area contributed by atoms with Crippen LogP contribution in [0.25, 0.3) is 0 Å². The van der Waals surface area contributed by atoms with Crippen LogP contribution in [0.3, 0.4) is 0 Å². The molecule has 0 amide bonds. The van der Waals surface area contributed by atoms with E-state index in [1.54, 1.807) is 0 Å². The van der Waals surface area contributed by atoms with Crippen LogP contribution in [0.5, 0.6) is 0 Å². The number of fused-ring (bicyclic) bond motifs is 1. The Morgan fingerprint density at radius 3 is 2.50 bits per heavy atom.